The molecule has 0 saturated carbocycles. The van der Waals surface area contributed by atoms with Crippen LogP contribution in [-0.4, -0.2) is 62.6 Å². The summed E-state index contributed by atoms with van der Waals surface area (Å²) in [6.45, 7) is 8.12. The van der Waals surface area contributed by atoms with E-state index < -0.39 is 10.0 Å². The third kappa shape index (κ3) is 3.23. The van der Waals surface area contributed by atoms with Gasteiger partial charge in [0.15, 0.2) is 0 Å². The van der Waals surface area contributed by atoms with Crippen LogP contribution in [0.25, 0.3) is 0 Å². The molecule has 3 heterocycles. The molecule has 0 unspecified atom stereocenters. The number of thiophene rings is 1. The van der Waals surface area contributed by atoms with Crippen LogP contribution in [0.4, 0.5) is 0 Å². The van der Waals surface area contributed by atoms with Crippen molar-refractivity contribution < 1.29 is 13.2 Å². The molecular weight excluding hydrogens is 320 g/mol. The predicted octanol–water partition coefficient (Wildman–Crippen LogP) is 1.87. The third-order valence-electron chi connectivity index (χ3n) is 4.66. The van der Waals surface area contributed by atoms with Crippen molar-refractivity contribution >= 4 is 21.4 Å². The number of sulfonamides is 1. The number of hydrogen-bond donors (Lipinski definition) is 0. The first kappa shape index (κ1) is 16.4. The Hall–Kier alpha value is -0.470. The SMILES string of the molecule is CC(C)N1CCO[C@@H]2CN(S(=O)(=O)c3cccs3)CC[C@@H]2C1. The average Bonchev–Trinajstić information content (AvgIpc) is 2.94. The fraction of sp³-hybridized carbons (Fsp3) is 0.733. The van der Waals surface area contributed by atoms with E-state index in [-0.39, 0.29) is 6.10 Å². The maximum absolute atomic E-state index is 12.7. The molecule has 124 valence electrons. The summed E-state index contributed by atoms with van der Waals surface area (Å²) in [6.07, 6.45) is 0.894. The summed E-state index contributed by atoms with van der Waals surface area (Å²) >= 11 is 1.28. The number of ether oxygens (including phenoxy) is 1. The second kappa shape index (κ2) is 6.57. The summed E-state index contributed by atoms with van der Waals surface area (Å²) < 4.78 is 33.3. The van der Waals surface area contributed by atoms with Gasteiger partial charge in [0.25, 0.3) is 10.0 Å². The number of rotatable bonds is 3. The highest BCUT2D eigenvalue weighted by Crippen LogP contribution is 2.29. The van der Waals surface area contributed by atoms with Crippen molar-refractivity contribution in [2.24, 2.45) is 5.92 Å². The minimum atomic E-state index is -3.35. The van der Waals surface area contributed by atoms with Crippen LogP contribution < -0.4 is 0 Å². The van der Waals surface area contributed by atoms with Crippen LogP contribution in [0, 0.1) is 5.92 Å². The Morgan fingerprint density at radius 2 is 2.14 bits per heavy atom. The minimum Gasteiger partial charge on any atom is -0.375 e. The Kier molecular flexibility index (Phi) is 4.89. The molecular formula is C15H24N2O3S2. The third-order valence-corrected chi connectivity index (χ3v) is 7.90. The molecule has 2 fully saturated rings. The Morgan fingerprint density at radius 3 is 2.82 bits per heavy atom. The van der Waals surface area contributed by atoms with Crippen LogP contribution in [0.5, 0.6) is 0 Å². The highest BCUT2D eigenvalue weighted by molar-refractivity contribution is 7.91. The van der Waals surface area contributed by atoms with Gasteiger partial charge in [0.2, 0.25) is 0 Å². The van der Waals surface area contributed by atoms with E-state index >= 15 is 0 Å². The van der Waals surface area contributed by atoms with Gasteiger partial charge in [-0.15, -0.1) is 11.3 Å². The Bertz CT molecular complexity index is 586. The molecule has 0 N–H and O–H groups in total. The van der Waals surface area contributed by atoms with Crippen molar-refractivity contribution in [3.05, 3.63) is 17.5 Å². The van der Waals surface area contributed by atoms with Gasteiger partial charge in [-0.2, -0.15) is 4.31 Å². The second-order valence-electron chi connectivity index (χ2n) is 6.34. The van der Waals surface area contributed by atoms with E-state index in [1.807, 2.05) is 5.38 Å². The van der Waals surface area contributed by atoms with Crippen LogP contribution in [0.1, 0.15) is 20.3 Å². The highest BCUT2D eigenvalue weighted by Gasteiger charge is 2.38. The molecule has 0 aliphatic carbocycles. The Morgan fingerprint density at radius 1 is 1.32 bits per heavy atom. The van der Waals surface area contributed by atoms with E-state index in [0.29, 0.717) is 35.9 Å². The lowest BCUT2D eigenvalue weighted by Gasteiger charge is -2.37. The number of nitrogens with zero attached hydrogens (tertiary/aromatic N) is 2. The number of hydrogen-bond acceptors (Lipinski definition) is 5. The second-order valence-corrected chi connectivity index (χ2v) is 9.45. The molecule has 3 rings (SSSR count). The summed E-state index contributed by atoms with van der Waals surface area (Å²) in [4.78, 5) is 2.44. The molecule has 0 spiro atoms. The summed E-state index contributed by atoms with van der Waals surface area (Å²) in [7, 11) is -3.35. The van der Waals surface area contributed by atoms with Gasteiger partial charge in [-0.25, -0.2) is 8.42 Å². The zero-order chi connectivity index (χ0) is 15.7. The fourth-order valence-corrected chi connectivity index (χ4v) is 5.88. The quantitative estimate of drug-likeness (QED) is 0.840. The predicted molar refractivity (Wildman–Crippen MR) is 87.6 cm³/mol. The van der Waals surface area contributed by atoms with Gasteiger partial charge in [0, 0.05) is 38.1 Å². The lowest BCUT2D eigenvalue weighted by molar-refractivity contribution is -0.00189. The van der Waals surface area contributed by atoms with E-state index in [1.54, 1.807) is 16.4 Å². The molecule has 0 bridgehead atoms. The standard InChI is InChI=1S/C15H24N2O3S2/c1-12(2)16-7-8-20-14-11-17(6-5-13(14)10-16)22(18,19)15-4-3-9-21-15/h3-4,9,12-14H,5-8,10-11H2,1-2H3/t13-,14-/m1/s1. The van der Waals surface area contributed by atoms with Crippen LogP contribution >= 0.6 is 11.3 Å². The van der Waals surface area contributed by atoms with Gasteiger partial charge in [-0.05, 0) is 31.7 Å². The van der Waals surface area contributed by atoms with Gasteiger partial charge >= 0.3 is 0 Å². The van der Waals surface area contributed by atoms with E-state index in [9.17, 15) is 8.42 Å². The molecule has 2 aliphatic heterocycles. The van der Waals surface area contributed by atoms with Crippen molar-refractivity contribution in [3.63, 3.8) is 0 Å². The zero-order valence-corrected chi connectivity index (χ0v) is 14.8. The van der Waals surface area contributed by atoms with Gasteiger partial charge in [-0.3, -0.25) is 4.90 Å². The normalized spacial score (nSPS) is 28.5. The summed E-state index contributed by atoms with van der Waals surface area (Å²) in [6, 6.07) is 3.98. The lowest BCUT2D eigenvalue weighted by atomic mass is 9.94. The lowest BCUT2D eigenvalue weighted by Crippen LogP contribution is -2.49. The molecule has 2 saturated heterocycles. The van der Waals surface area contributed by atoms with E-state index in [4.69, 9.17) is 4.74 Å². The highest BCUT2D eigenvalue weighted by atomic mass is 32.2. The van der Waals surface area contributed by atoms with Crippen LogP contribution in [0.15, 0.2) is 21.7 Å². The van der Waals surface area contributed by atoms with Crippen LogP contribution in [-0.2, 0) is 14.8 Å². The zero-order valence-electron chi connectivity index (χ0n) is 13.1. The molecule has 1 aromatic rings. The van der Waals surface area contributed by atoms with Crippen molar-refractivity contribution in [1.29, 1.82) is 0 Å². The summed E-state index contributed by atoms with van der Waals surface area (Å²) in [5.74, 6) is 0.430. The summed E-state index contributed by atoms with van der Waals surface area (Å²) in [5.41, 5.74) is 0. The first-order chi connectivity index (χ1) is 10.5. The molecule has 7 heteroatoms. The molecule has 1 aromatic heterocycles. The number of fused-ring (bicyclic) bond motifs is 1. The summed E-state index contributed by atoms with van der Waals surface area (Å²) in [5, 5.41) is 1.81. The molecule has 2 atom stereocenters. The molecule has 5 nitrogen and oxygen atoms in total. The maximum Gasteiger partial charge on any atom is 0.252 e. The average molecular weight is 345 g/mol. The minimum absolute atomic E-state index is 0.0206. The monoisotopic (exact) mass is 344 g/mol. The largest absolute Gasteiger partial charge is 0.375 e. The van der Waals surface area contributed by atoms with E-state index in [1.165, 1.54) is 11.3 Å². The van der Waals surface area contributed by atoms with Crippen LogP contribution in [0.3, 0.4) is 0 Å². The van der Waals surface area contributed by atoms with Crippen molar-refractivity contribution in [2.45, 2.75) is 36.6 Å². The fourth-order valence-electron chi connectivity index (χ4n) is 3.27. The van der Waals surface area contributed by atoms with Crippen molar-refractivity contribution in [3.8, 4) is 0 Å². The molecule has 0 radical (unpaired) electrons. The van der Waals surface area contributed by atoms with Crippen LogP contribution in [0.2, 0.25) is 0 Å². The maximum atomic E-state index is 12.7. The topological polar surface area (TPSA) is 49.9 Å². The molecule has 22 heavy (non-hydrogen) atoms. The molecule has 0 amide bonds. The number of piperidine rings is 1. The van der Waals surface area contributed by atoms with Crippen molar-refractivity contribution in [1.82, 2.24) is 9.21 Å². The van der Waals surface area contributed by atoms with E-state index in [2.05, 4.69) is 18.7 Å². The molecule has 0 aromatic carbocycles. The van der Waals surface area contributed by atoms with Gasteiger partial charge in [-0.1, -0.05) is 6.07 Å². The van der Waals surface area contributed by atoms with Gasteiger partial charge in [0.05, 0.1) is 12.7 Å². The van der Waals surface area contributed by atoms with Gasteiger partial charge < -0.3 is 4.74 Å². The Labute approximate surface area is 136 Å². The van der Waals surface area contributed by atoms with Gasteiger partial charge in [0.1, 0.15) is 4.21 Å². The smallest absolute Gasteiger partial charge is 0.252 e. The van der Waals surface area contributed by atoms with Crippen molar-refractivity contribution in [2.75, 3.05) is 32.8 Å². The first-order valence-electron chi connectivity index (χ1n) is 7.88. The first-order valence-corrected chi connectivity index (χ1v) is 10.2. The van der Waals surface area contributed by atoms with E-state index in [0.717, 1.165) is 19.5 Å². The Balaban J connectivity index is 1.72. The molecule has 2 aliphatic rings.